The van der Waals surface area contributed by atoms with Crippen molar-refractivity contribution >= 4 is 17.2 Å². The van der Waals surface area contributed by atoms with Gasteiger partial charge >= 0.3 is 0 Å². The van der Waals surface area contributed by atoms with Crippen LogP contribution in [0.3, 0.4) is 0 Å². The molecule has 0 aliphatic carbocycles. The van der Waals surface area contributed by atoms with E-state index in [0.29, 0.717) is 24.4 Å². The summed E-state index contributed by atoms with van der Waals surface area (Å²) in [6.45, 7) is 4.02. The van der Waals surface area contributed by atoms with Crippen molar-refractivity contribution in [2.24, 2.45) is 0 Å². The monoisotopic (exact) mass is 251 g/mol. The van der Waals surface area contributed by atoms with Crippen molar-refractivity contribution in [1.29, 1.82) is 0 Å². The van der Waals surface area contributed by atoms with E-state index in [-0.39, 0.29) is 0 Å². The van der Waals surface area contributed by atoms with Gasteiger partial charge in [-0.15, -0.1) is 11.3 Å². The van der Waals surface area contributed by atoms with E-state index < -0.39 is 0 Å². The maximum atomic E-state index is 11.7. The molecule has 2 aliphatic rings. The van der Waals surface area contributed by atoms with Crippen LogP contribution in [0.1, 0.15) is 23.5 Å². The standard InChI is InChI=1S/C12H17N3OS/c1-8-13-9(7-17-8)6-15-4-3-10-11(15)5-12(16)14(10)2/h7,10-11H,3-6H2,1-2H3/t10-,11+/m0/s1. The largest absolute Gasteiger partial charge is 0.341 e. The number of hydrogen-bond acceptors (Lipinski definition) is 4. The second-order valence-corrected chi connectivity index (χ2v) is 6.02. The Balaban J connectivity index is 1.72. The number of likely N-dealkylation sites (N-methyl/N-ethyl adjacent to an activating group) is 1. The van der Waals surface area contributed by atoms with Crippen molar-refractivity contribution in [3.8, 4) is 0 Å². The van der Waals surface area contributed by atoms with Crippen LogP contribution in [0.4, 0.5) is 0 Å². The van der Waals surface area contributed by atoms with Crippen LogP contribution in [0.5, 0.6) is 0 Å². The number of carbonyl (C=O) groups excluding carboxylic acids is 1. The molecule has 17 heavy (non-hydrogen) atoms. The average molecular weight is 251 g/mol. The van der Waals surface area contributed by atoms with Gasteiger partial charge in [0, 0.05) is 44.0 Å². The summed E-state index contributed by atoms with van der Waals surface area (Å²) < 4.78 is 0. The fourth-order valence-electron chi connectivity index (χ4n) is 3.01. The third-order valence-electron chi connectivity index (χ3n) is 3.93. The Hall–Kier alpha value is -0.940. The van der Waals surface area contributed by atoms with Crippen LogP contribution in [0.2, 0.25) is 0 Å². The number of aryl methyl sites for hydroxylation is 1. The van der Waals surface area contributed by atoms with E-state index in [1.54, 1.807) is 11.3 Å². The van der Waals surface area contributed by atoms with Crippen LogP contribution in [0, 0.1) is 6.92 Å². The maximum Gasteiger partial charge on any atom is 0.224 e. The quantitative estimate of drug-likeness (QED) is 0.794. The Morgan fingerprint density at radius 3 is 3.06 bits per heavy atom. The van der Waals surface area contributed by atoms with Gasteiger partial charge in [0.2, 0.25) is 5.91 Å². The number of aromatic nitrogens is 1. The Bertz CT molecular complexity index is 445. The van der Waals surface area contributed by atoms with Gasteiger partial charge in [-0.2, -0.15) is 0 Å². The molecule has 4 nitrogen and oxygen atoms in total. The van der Waals surface area contributed by atoms with E-state index >= 15 is 0 Å². The first-order chi connectivity index (χ1) is 8.15. The van der Waals surface area contributed by atoms with Gasteiger partial charge in [0.25, 0.3) is 0 Å². The number of hydrogen-bond donors (Lipinski definition) is 0. The molecule has 1 aromatic heterocycles. The van der Waals surface area contributed by atoms with Gasteiger partial charge in [0.1, 0.15) is 0 Å². The number of rotatable bonds is 2. The predicted molar refractivity (Wildman–Crippen MR) is 66.8 cm³/mol. The Morgan fingerprint density at radius 1 is 1.53 bits per heavy atom. The highest BCUT2D eigenvalue weighted by atomic mass is 32.1. The summed E-state index contributed by atoms with van der Waals surface area (Å²) in [5.74, 6) is 0.291. The van der Waals surface area contributed by atoms with Crippen LogP contribution in [-0.2, 0) is 11.3 Å². The van der Waals surface area contributed by atoms with Gasteiger partial charge in [0.05, 0.1) is 10.7 Å². The summed E-state index contributed by atoms with van der Waals surface area (Å²) in [4.78, 5) is 20.5. The Kier molecular flexibility index (Phi) is 2.67. The van der Waals surface area contributed by atoms with Gasteiger partial charge in [-0.3, -0.25) is 9.69 Å². The molecule has 3 heterocycles. The van der Waals surface area contributed by atoms with E-state index in [1.165, 1.54) is 0 Å². The Morgan fingerprint density at radius 2 is 2.35 bits per heavy atom. The van der Waals surface area contributed by atoms with Crippen LogP contribution < -0.4 is 0 Å². The molecule has 2 atom stereocenters. The van der Waals surface area contributed by atoms with Gasteiger partial charge in [-0.25, -0.2) is 4.98 Å². The third-order valence-corrected chi connectivity index (χ3v) is 4.75. The molecule has 92 valence electrons. The van der Waals surface area contributed by atoms with Crippen LogP contribution in [-0.4, -0.2) is 46.4 Å². The normalized spacial score (nSPS) is 29.1. The molecule has 0 radical (unpaired) electrons. The molecule has 2 saturated heterocycles. The minimum Gasteiger partial charge on any atom is -0.341 e. The lowest BCUT2D eigenvalue weighted by atomic mass is 10.1. The molecule has 0 saturated carbocycles. The Labute approximate surface area is 105 Å². The molecule has 0 N–H and O–H groups in total. The predicted octanol–water partition coefficient (Wildman–Crippen LogP) is 1.26. The van der Waals surface area contributed by atoms with E-state index in [4.69, 9.17) is 0 Å². The molecule has 0 spiro atoms. The van der Waals surface area contributed by atoms with Crippen LogP contribution in [0.15, 0.2) is 5.38 Å². The summed E-state index contributed by atoms with van der Waals surface area (Å²) in [5, 5.41) is 3.25. The molecule has 3 rings (SSSR count). The lowest BCUT2D eigenvalue weighted by molar-refractivity contribution is -0.127. The number of thiazole rings is 1. The molecule has 5 heteroatoms. The van der Waals surface area contributed by atoms with E-state index in [1.807, 2.05) is 18.9 Å². The summed E-state index contributed by atoms with van der Waals surface area (Å²) >= 11 is 1.70. The van der Waals surface area contributed by atoms with E-state index in [2.05, 4.69) is 15.3 Å². The van der Waals surface area contributed by atoms with Gasteiger partial charge < -0.3 is 4.90 Å². The van der Waals surface area contributed by atoms with Crippen molar-refractivity contribution in [2.45, 2.75) is 38.4 Å². The van der Waals surface area contributed by atoms with Crippen molar-refractivity contribution in [1.82, 2.24) is 14.8 Å². The zero-order valence-electron chi connectivity index (χ0n) is 10.2. The van der Waals surface area contributed by atoms with Gasteiger partial charge in [-0.1, -0.05) is 0 Å². The first kappa shape index (κ1) is 11.2. The third kappa shape index (κ3) is 1.87. The molecular formula is C12H17N3OS. The van der Waals surface area contributed by atoms with Crippen molar-refractivity contribution in [3.63, 3.8) is 0 Å². The summed E-state index contributed by atoms with van der Waals surface area (Å²) in [6, 6.07) is 0.844. The zero-order valence-corrected chi connectivity index (χ0v) is 11.0. The van der Waals surface area contributed by atoms with E-state index in [0.717, 1.165) is 30.2 Å². The van der Waals surface area contributed by atoms with Crippen LogP contribution >= 0.6 is 11.3 Å². The second kappa shape index (κ2) is 4.07. The number of carbonyl (C=O) groups is 1. The molecule has 0 bridgehead atoms. The minimum atomic E-state index is 0.291. The molecule has 0 unspecified atom stereocenters. The molecule has 2 fully saturated rings. The number of likely N-dealkylation sites (tertiary alicyclic amines) is 2. The SMILES string of the molecule is Cc1nc(CN2CC[C@H]3[C@H]2CC(=O)N3C)cs1. The molecular weight excluding hydrogens is 234 g/mol. The number of amides is 1. The zero-order chi connectivity index (χ0) is 12.0. The smallest absolute Gasteiger partial charge is 0.224 e. The molecule has 1 amide bonds. The fourth-order valence-corrected chi connectivity index (χ4v) is 3.61. The molecule has 2 aliphatic heterocycles. The number of fused-ring (bicyclic) bond motifs is 1. The highest BCUT2D eigenvalue weighted by Crippen LogP contribution is 2.32. The van der Waals surface area contributed by atoms with E-state index in [9.17, 15) is 4.79 Å². The average Bonchev–Trinajstić information content (AvgIpc) is 2.92. The maximum absolute atomic E-state index is 11.7. The molecule has 0 aromatic carbocycles. The van der Waals surface area contributed by atoms with Gasteiger partial charge in [-0.05, 0) is 13.3 Å². The lowest BCUT2D eigenvalue weighted by Gasteiger charge is -2.22. The minimum absolute atomic E-state index is 0.291. The summed E-state index contributed by atoms with van der Waals surface area (Å²) in [6.07, 6.45) is 1.79. The topological polar surface area (TPSA) is 36.4 Å². The first-order valence-corrected chi connectivity index (χ1v) is 6.94. The summed E-state index contributed by atoms with van der Waals surface area (Å²) in [7, 11) is 1.93. The second-order valence-electron chi connectivity index (χ2n) is 4.96. The number of nitrogens with zero attached hydrogens (tertiary/aromatic N) is 3. The van der Waals surface area contributed by atoms with Crippen molar-refractivity contribution in [2.75, 3.05) is 13.6 Å². The fraction of sp³-hybridized carbons (Fsp3) is 0.667. The first-order valence-electron chi connectivity index (χ1n) is 6.06. The van der Waals surface area contributed by atoms with Crippen molar-refractivity contribution < 1.29 is 4.79 Å². The summed E-state index contributed by atoms with van der Waals surface area (Å²) in [5.41, 5.74) is 1.15. The lowest BCUT2D eigenvalue weighted by Crippen LogP contribution is -2.34. The molecule has 1 aromatic rings. The van der Waals surface area contributed by atoms with Gasteiger partial charge in [0.15, 0.2) is 0 Å². The van der Waals surface area contributed by atoms with Crippen LogP contribution in [0.25, 0.3) is 0 Å². The van der Waals surface area contributed by atoms with Crippen molar-refractivity contribution in [3.05, 3.63) is 16.1 Å². The highest BCUT2D eigenvalue weighted by molar-refractivity contribution is 7.09. The highest BCUT2D eigenvalue weighted by Gasteiger charge is 2.44.